The van der Waals surface area contributed by atoms with Gasteiger partial charge in [-0.15, -0.1) is 0 Å². The summed E-state index contributed by atoms with van der Waals surface area (Å²) in [4.78, 5) is 23.6. The van der Waals surface area contributed by atoms with Gasteiger partial charge in [0, 0.05) is 16.6 Å². The van der Waals surface area contributed by atoms with Crippen LogP contribution in [0.4, 0.5) is 4.39 Å². The summed E-state index contributed by atoms with van der Waals surface area (Å²) in [6.45, 7) is 1.19. The lowest BCUT2D eigenvalue weighted by atomic mass is 10.2. The number of ether oxygens (including phenoxy) is 2. The zero-order chi connectivity index (χ0) is 19.1. The Morgan fingerprint density at radius 1 is 1.15 bits per heavy atom. The summed E-state index contributed by atoms with van der Waals surface area (Å²) in [5, 5.41) is 3.50. The fourth-order valence-electron chi connectivity index (χ4n) is 1.93. The van der Waals surface area contributed by atoms with Crippen molar-refractivity contribution in [2.75, 3.05) is 6.61 Å². The van der Waals surface area contributed by atoms with Gasteiger partial charge in [-0.25, -0.2) is 9.18 Å². The van der Waals surface area contributed by atoms with Crippen LogP contribution in [-0.4, -0.2) is 24.6 Å². The summed E-state index contributed by atoms with van der Waals surface area (Å²) < 4.78 is 23.0. The van der Waals surface area contributed by atoms with E-state index in [0.717, 1.165) is 0 Å². The fourth-order valence-corrected chi connectivity index (χ4v) is 2.40. The van der Waals surface area contributed by atoms with Gasteiger partial charge in [0.05, 0.1) is 0 Å². The second-order valence-electron chi connectivity index (χ2n) is 5.33. The number of nitrogens with one attached hydrogen (secondary N) is 1. The summed E-state index contributed by atoms with van der Waals surface area (Å²) in [6.07, 6.45) is -0.945. The van der Waals surface area contributed by atoms with Crippen molar-refractivity contribution < 1.29 is 23.5 Å². The normalized spacial score (nSPS) is 11.5. The van der Waals surface area contributed by atoms with Crippen LogP contribution in [0.5, 0.6) is 5.75 Å². The number of esters is 1. The van der Waals surface area contributed by atoms with Gasteiger partial charge < -0.3 is 14.8 Å². The smallest absolute Gasteiger partial charge is 0.347 e. The minimum Gasteiger partial charge on any atom is -0.479 e. The molecule has 0 aliphatic heterocycles. The summed E-state index contributed by atoms with van der Waals surface area (Å²) >= 11 is 11.8. The van der Waals surface area contributed by atoms with Crippen molar-refractivity contribution in [3.8, 4) is 5.75 Å². The number of carbonyl (C=O) groups excluding carboxylic acids is 2. The molecule has 8 heteroatoms. The third kappa shape index (κ3) is 6.20. The van der Waals surface area contributed by atoms with E-state index in [-0.39, 0.29) is 6.54 Å². The van der Waals surface area contributed by atoms with Crippen molar-refractivity contribution in [3.63, 3.8) is 0 Å². The Balaban J connectivity index is 1.75. The van der Waals surface area contributed by atoms with Gasteiger partial charge in [0.2, 0.25) is 0 Å². The third-order valence-corrected chi connectivity index (χ3v) is 3.88. The maximum Gasteiger partial charge on any atom is 0.347 e. The predicted octanol–water partition coefficient (Wildman–Crippen LogP) is 3.76. The molecular weight excluding hydrogens is 384 g/mol. The molecule has 1 amide bonds. The van der Waals surface area contributed by atoms with Crippen LogP contribution in [0.25, 0.3) is 0 Å². The average Bonchev–Trinajstić information content (AvgIpc) is 2.60. The first kappa shape index (κ1) is 20.0. The lowest BCUT2D eigenvalue weighted by molar-refractivity contribution is -0.154. The van der Waals surface area contributed by atoms with Gasteiger partial charge in [0.1, 0.15) is 11.6 Å². The van der Waals surface area contributed by atoms with Crippen molar-refractivity contribution in [1.82, 2.24) is 5.32 Å². The van der Waals surface area contributed by atoms with Gasteiger partial charge in [-0.1, -0.05) is 29.3 Å². The second-order valence-corrected chi connectivity index (χ2v) is 6.18. The van der Waals surface area contributed by atoms with Crippen LogP contribution in [0.2, 0.25) is 10.0 Å². The molecule has 26 heavy (non-hydrogen) atoms. The molecule has 0 radical (unpaired) electrons. The van der Waals surface area contributed by atoms with Crippen molar-refractivity contribution >= 4 is 35.1 Å². The van der Waals surface area contributed by atoms with E-state index in [1.807, 2.05) is 0 Å². The minimum atomic E-state index is -0.945. The zero-order valence-electron chi connectivity index (χ0n) is 13.8. The molecule has 1 N–H and O–H groups in total. The van der Waals surface area contributed by atoms with Gasteiger partial charge in [-0.05, 0) is 48.9 Å². The Hall–Kier alpha value is -2.31. The number of amides is 1. The van der Waals surface area contributed by atoms with E-state index >= 15 is 0 Å². The monoisotopic (exact) mass is 399 g/mol. The van der Waals surface area contributed by atoms with Crippen LogP contribution in [0, 0.1) is 5.82 Å². The molecule has 1 atom stereocenters. The van der Waals surface area contributed by atoms with E-state index in [9.17, 15) is 14.0 Å². The van der Waals surface area contributed by atoms with Gasteiger partial charge in [-0.2, -0.15) is 0 Å². The molecule has 0 bridgehead atoms. The third-order valence-electron chi connectivity index (χ3n) is 3.30. The fraction of sp³-hybridized carbons (Fsp3) is 0.222. The van der Waals surface area contributed by atoms with Crippen LogP contribution in [-0.2, 0) is 20.9 Å². The highest BCUT2D eigenvalue weighted by atomic mass is 35.5. The Bertz CT molecular complexity index is 783. The highest BCUT2D eigenvalue weighted by Gasteiger charge is 2.18. The summed E-state index contributed by atoms with van der Waals surface area (Å²) in [7, 11) is 0. The molecule has 2 aromatic rings. The molecule has 2 rings (SSSR count). The molecule has 0 heterocycles. The molecule has 0 aliphatic rings. The molecule has 0 saturated heterocycles. The van der Waals surface area contributed by atoms with Crippen LogP contribution in [0.3, 0.4) is 0 Å². The number of hydrogen-bond acceptors (Lipinski definition) is 4. The van der Waals surface area contributed by atoms with Gasteiger partial charge >= 0.3 is 5.97 Å². The first-order valence-electron chi connectivity index (χ1n) is 7.64. The number of rotatable bonds is 7. The molecule has 0 aromatic heterocycles. The summed E-state index contributed by atoms with van der Waals surface area (Å²) in [5.74, 6) is -1.30. The minimum absolute atomic E-state index is 0.175. The van der Waals surface area contributed by atoms with E-state index in [1.165, 1.54) is 31.2 Å². The summed E-state index contributed by atoms with van der Waals surface area (Å²) in [5.41, 5.74) is 0.684. The van der Waals surface area contributed by atoms with Crippen LogP contribution < -0.4 is 10.1 Å². The van der Waals surface area contributed by atoms with Gasteiger partial charge in [0.15, 0.2) is 12.7 Å². The SMILES string of the molecule is C[C@@H](Oc1ccc(F)cc1)C(=O)OCC(=O)NCc1ccc(Cl)cc1Cl. The maximum atomic E-state index is 12.8. The molecule has 0 spiro atoms. The van der Waals surface area contributed by atoms with Crippen LogP contribution in [0.15, 0.2) is 42.5 Å². The van der Waals surface area contributed by atoms with Crippen molar-refractivity contribution in [2.24, 2.45) is 0 Å². The predicted molar refractivity (Wildman–Crippen MR) is 95.8 cm³/mol. The van der Waals surface area contributed by atoms with E-state index in [2.05, 4.69) is 5.32 Å². The van der Waals surface area contributed by atoms with Gasteiger partial charge in [-0.3, -0.25) is 4.79 Å². The standard InChI is InChI=1S/C18H16Cl2FNO4/c1-11(26-15-6-4-14(21)5-7-15)18(24)25-10-17(23)22-9-12-2-3-13(19)8-16(12)20/h2-8,11H,9-10H2,1H3,(H,22,23)/t11-/m1/s1. The van der Waals surface area contributed by atoms with E-state index < -0.39 is 30.4 Å². The molecule has 2 aromatic carbocycles. The molecule has 0 saturated carbocycles. The first-order valence-corrected chi connectivity index (χ1v) is 8.40. The molecule has 0 fully saturated rings. The quantitative estimate of drug-likeness (QED) is 0.719. The largest absolute Gasteiger partial charge is 0.479 e. The topological polar surface area (TPSA) is 64.6 Å². The highest BCUT2D eigenvalue weighted by molar-refractivity contribution is 6.35. The summed E-state index contributed by atoms with van der Waals surface area (Å²) in [6, 6.07) is 10.1. The molecule has 5 nitrogen and oxygen atoms in total. The maximum absolute atomic E-state index is 12.8. The Morgan fingerprint density at radius 3 is 2.50 bits per heavy atom. The number of halogens is 3. The van der Waals surface area contributed by atoms with Crippen molar-refractivity contribution in [3.05, 3.63) is 63.9 Å². The van der Waals surface area contributed by atoms with E-state index in [4.69, 9.17) is 32.7 Å². The number of carbonyl (C=O) groups is 2. The lowest BCUT2D eigenvalue weighted by Gasteiger charge is -2.14. The molecule has 138 valence electrons. The Morgan fingerprint density at radius 2 is 1.85 bits per heavy atom. The average molecular weight is 400 g/mol. The van der Waals surface area contributed by atoms with E-state index in [1.54, 1.807) is 18.2 Å². The molecular formula is C18H16Cl2FNO4. The van der Waals surface area contributed by atoms with Crippen molar-refractivity contribution in [1.29, 1.82) is 0 Å². The molecule has 0 aliphatic carbocycles. The Labute approximate surface area is 160 Å². The van der Waals surface area contributed by atoms with Crippen LogP contribution >= 0.6 is 23.2 Å². The van der Waals surface area contributed by atoms with Gasteiger partial charge in [0.25, 0.3) is 5.91 Å². The first-order chi connectivity index (χ1) is 12.3. The second kappa shape index (κ2) is 9.40. The number of benzene rings is 2. The van der Waals surface area contributed by atoms with Crippen molar-refractivity contribution in [2.45, 2.75) is 19.6 Å². The highest BCUT2D eigenvalue weighted by Crippen LogP contribution is 2.20. The number of hydrogen-bond donors (Lipinski definition) is 1. The zero-order valence-corrected chi connectivity index (χ0v) is 15.3. The van der Waals surface area contributed by atoms with Crippen LogP contribution in [0.1, 0.15) is 12.5 Å². The lowest BCUT2D eigenvalue weighted by Crippen LogP contribution is -2.32. The van der Waals surface area contributed by atoms with E-state index in [0.29, 0.717) is 21.4 Å². The molecule has 0 unspecified atom stereocenters. The Kier molecular flexibility index (Phi) is 7.24.